The van der Waals surface area contributed by atoms with Gasteiger partial charge in [0.15, 0.2) is 0 Å². The van der Waals surface area contributed by atoms with E-state index in [0.29, 0.717) is 19.6 Å². The fourth-order valence-electron chi connectivity index (χ4n) is 4.56. The first-order valence-electron chi connectivity index (χ1n) is 12.9. The molecule has 38 heavy (non-hydrogen) atoms. The van der Waals surface area contributed by atoms with Crippen molar-refractivity contribution in [3.8, 4) is 6.01 Å². The Labute approximate surface area is 222 Å². The predicted molar refractivity (Wildman–Crippen MR) is 141 cm³/mol. The number of halogens is 1. The summed E-state index contributed by atoms with van der Waals surface area (Å²) in [5.41, 5.74) is 3.22. The molecule has 0 bridgehead atoms. The van der Waals surface area contributed by atoms with E-state index in [1.54, 1.807) is 0 Å². The number of rotatable bonds is 11. The first-order chi connectivity index (χ1) is 18.7. The number of ether oxygens (including phenoxy) is 4. The summed E-state index contributed by atoms with van der Waals surface area (Å²) >= 11 is 0. The Morgan fingerprint density at radius 1 is 0.737 bits per heavy atom. The van der Waals surface area contributed by atoms with Gasteiger partial charge in [0.2, 0.25) is 5.95 Å². The molecule has 7 heteroatoms. The van der Waals surface area contributed by atoms with Crippen LogP contribution in [0.4, 0.5) is 4.39 Å². The maximum absolute atomic E-state index is 15.4. The van der Waals surface area contributed by atoms with Crippen LogP contribution in [0.2, 0.25) is 0 Å². The normalized spacial score (nSPS) is 20.9. The Balaban J connectivity index is 1.35. The predicted octanol–water partition coefficient (Wildman–Crippen LogP) is 6.22. The monoisotopic (exact) mass is 514 g/mol. The maximum atomic E-state index is 15.4. The molecule has 0 saturated carbocycles. The lowest BCUT2D eigenvalue weighted by Crippen LogP contribution is -2.35. The second-order valence-electron chi connectivity index (χ2n) is 9.20. The van der Waals surface area contributed by atoms with Gasteiger partial charge in [-0.3, -0.25) is 0 Å². The first-order valence-corrected chi connectivity index (χ1v) is 12.9. The summed E-state index contributed by atoms with van der Waals surface area (Å²) in [7, 11) is 0. The highest BCUT2D eigenvalue weighted by Crippen LogP contribution is 2.40. The molecular formula is C31H31FN2O4. The van der Waals surface area contributed by atoms with Crippen LogP contribution in [-0.4, -0.2) is 28.3 Å². The Hall–Kier alpha value is -3.65. The van der Waals surface area contributed by atoms with Gasteiger partial charge in [0.05, 0.1) is 24.9 Å². The van der Waals surface area contributed by atoms with E-state index in [0.717, 1.165) is 16.7 Å². The molecule has 1 aliphatic rings. The highest BCUT2D eigenvalue weighted by Gasteiger charge is 2.47. The molecule has 1 aromatic heterocycles. The molecule has 3 aromatic carbocycles. The van der Waals surface area contributed by atoms with E-state index in [9.17, 15) is 0 Å². The van der Waals surface area contributed by atoms with Gasteiger partial charge in [0.1, 0.15) is 24.9 Å². The van der Waals surface area contributed by atoms with E-state index in [-0.39, 0.29) is 24.3 Å². The molecule has 1 unspecified atom stereocenters. The van der Waals surface area contributed by atoms with Gasteiger partial charge in [-0.25, -0.2) is 4.98 Å². The Kier molecular flexibility index (Phi) is 8.71. The van der Waals surface area contributed by atoms with Crippen molar-refractivity contribution < 1.29 is 23.3 Å². The number of hydrogen-bond acceptors (Lipinski definition) is 6. The molecular weight excluding hydrogens is 483 g/mol. The molecule has 4 aromatic rings. The number of aromatic nitrogens is 2. The van der Waals surface area contributed by atoms with Crippen molar-refractivity contribution >= 4 is 0 Å². The highest BCUT2D eigenvalue weighted by molar-refractivity contribution is 5.20. The molecule has 6 nitrogen and oxygen atoms in total. The van der Waals surface area contributed by atoms with Crippen molar-refractivity contribution in [1.29, 1.82) is 0 Å². The lowest BCUT2D eigenvalue weighted by molar-refractivity contribution is -0.0797. The molecule has 0 N–H and O–H groups in total. The van der Waals surface area contributed by atoms with E-state index in [1.807, 2.05) is 97.9 Å². The third kappa shape index (κ3) is 6.42. The molecule has 1 fully saturated rings. The van der Waals surface area contributed by atoms with Crippen LogP contribution in [0, 0.1) is 5.95 Å². The smallest absolute Gasteiger partial charge is 0.319 e. The molecule has 196 valence electrons. The molecule has 0 spiro atoms. The van der Waals surface area contributed by atoms with Gasteiger partial charge in [-0.05, 0) is 23.1 Å². The van der Waals surface area contributed by atoms with Gasteiger partial charge < -0.3 is 18.9 Å². The minimum absolute atomic E-state index is 0.0289. The molecule has 5 rings (SSSR count). The van der Waals surface area contributed by atoms with Gasteiger partial charge in [0, 0.05) is 6.20 Å². The zero-order chi connectivity index (χ0) is 26.2. The SMILES string of the molecule is CC[C@H]1O[C@@H](c2cnc(OCc3ccccc3)nc2F)[C@@H](OCc2ccccc2)C1OCc1ccccc1. The fraction of sp³-hybridized carbons (Fsp3) is 0.290. The summed E-state index contributed by atoms with van der Waals surface area (Å²) in [6.07, 6.45) is 0.145. The lowest BCUT2D eigenvalue weighted by atomic mass is 10.0. The largest absolute Gasteiger partial charge is 0.459 e. The Morgan fingerprint density at radius 3 is 1.79 bits per heavy atom. The van der Waals surface area contributed by atoms with Crippen LogP contribution < -0.4 is 4.74 Å². The maximum Gasteiger partial charge on any atom is 0.319 e. The van der Waals surface area contributed by atoms with Crippen molar-refractivity contribution in [3.63, 3.8) is 0 Å². The number of nitrogens with zero attached hydrogens (tertiary/aromatic N) is 2. The van der Waals surface area contributed by atoms with Crippen molar-refractivity contribution in [2.45, 2.75) is 57.6 Å². The molecule has 0 radical (unpaired) electrons. The van der Waals surface area contributed by atoms with E-state index in [1.165, 1.54) is 6.20 Å². The van der Waals surface area contributed by atoms with Crippen LogP contribution in [-0.2, 0) is 34.0 Å². The summed E-state index contributed by atoms with van der Waals surface area (Å²) in [6.45, 7) is 3.01. The zero-order valence-corrected chi connectivity index (χ0v) is 21.3. The van der Waals surface area contributed by atoms with E-state index in [4.69, 9.17) is 18.9 Å². The molecule has 1 saturated heterocycles. The summed E-state index contributed by atoms with van der Waals surface area (Å²) in [6, 6.07) is 29.4. The minimum atomic E-state index is -0.729. The van der Waals surface area contributed by atoms with Crippen LogP contribution in [0.25, 0.3) is 0 Å². The van der Waals surface area contributed by atoms with Crippen LogP contribution >= 0.6 is 0 Å². The second kappa shape index (κ2) is 12.7. The Morgan fingerprint density at radius 2 is 1.26 bits per heavy atom. The van der Waals surface area contributed by atoms with Gasteiger partial charge in [-0.2, -0.15) is 9.37 Å². The minimum Gasteiger partial charge on any atom is -0.459 e. The lowest BCUT2D eigenvalue weighted by Gasteiger charge is -2.25. The summed E-state index contributed by atoms with van der Waals surface area (Å²) in [4.78, 5) is 8.25. The average Bonchev–Trinajstić information content (AvgIpc) is 3.32. The van der Waals surface area contributed by atoms with E-state index >= 15 is 4.39 Å². The zero-order valence-electron chi connectivity index (χ0n) is 21.3. The van der Waals surface area contributed by atoms with Gasteiger partial charge >= 0.3 is 6.01 Å². The van der Waals surface area contributed by atoms with E-state index in [2.05, 4.69) is 9.97 Å². The van der Waals surface area contributed by atoms with Crippen molar-refractivity contribution in [3.05, 3.63) is 125 Å². The summed E-state index contributed by atoms with van der Waals surface area (Å²) < 4.78 is 40.1. The Bertz CT molecular complexity index is 1280. The van der Waals surface area contributed by atoms with Crippen LogP contribution in [0.5, 0.6) is 6.01 Å². The topological polar surface area (TPSA) is 62.7 Å². The fourth-order valence-corrected chi connectivity index (χ4v) is 4.56. The molecule has 0 amide bonds. The molecule has 2 heterocycles. The summed E-state index contributed by atoms with van der Waals surface area (Å²) in [5.74, 6) is -0.695. The van der Waals surface area contributed by atoms with Crippen molar-refractivity contribution in [1.82, 2.24) is 9.97 Å². The van der Waals surface area contributed by atoms with Crippen molar-refractivity contribution in [2.75, 3.05) is 0 Å². The number of benzene rings is 3. The third-order valence-electron chi connectivity index (χ3n) is 6.55. The van der Waals surface area contributed by atoms with Crippen LogP contribution in [0.15, 0.2) is 97.2 Å². The van der Waals surface area contributed by atoms with E-state index < -0.39 is 24.3 Å². The van der Waals surface area contributed by atoms with Crippen LogP contribution in [0.3, 0.4) is 0 Å². The van der Waals surface area contributed by atoms with Crippen molar-refractivity contribution in [2.24, 2.45) is 0 Å². The third-order valence-corrected chi connectivity index (χ3v) is 6.55. The highest BCUT2D eigenvalue weighted by atomic mass is 19.1. The van der Waals surface area contributed by atoms with Gasteiger partial charge in [0.25, 0.3) is 0 Å². The molecule has 1 aliphatic heterocycles. The van der Waals surface area contributed by atoms with Crippen LogP contribution in [0.1, 0.15) is 41.7 Å². The van der Waals surface area contributed by atoms with Gasteiger partial charge in [-0.15, -0.1) is 0 Å². The quantitative estimate of drug-likeness (QED) is 0.222. The second-order valence-corrected chi connectivity index (χ2v) is 9.20. The van der Waals surface area contributed by atoms with Gasteiger partial charge in [-0.1, -0.05) is 97.9 Å². The summed E-state index contributed by atoms with van der Waals surface area (Å²) in [5, 5.41) is 0. The molecule has 4 atom stereocenters. The molecule has 0 aliphatic carbocycles. The number of hydrogen-bond donors (Lipinski definition) is 0. The standard InChI is InChI=1S/C31H31FN2O4/c1-2-26-28(35-19-22-12-6-3-7-13-22)29(36-20-23-14-8-4-9-15-23)27(38-26)25-18-33-31(34-30(25)32)37-21-24-16-10-5-11-17-24/h3-18,26-29H,2,19-21H2,1H3/t26-,27+,28?,29-/m1/s1. The first kappa shape index (κ1) is 26.0. The average molecular weight is 515 g/mol.